The first-order valence-electron chi connectivity index (χ1n) is 6.45. The van der Waals surface area contributed by atoms with Crippen molar-refractivity contribution >= 4 is 27.7 Å². The topological polar surface area (TPSA) is 43.6 Å². The molecule has 6 heteroatoms. The van der Waals surface area contributed by atoms with E-state index in [1.165, 1.54) is 11.1 Å². The van der Waals surface area contributed by atoms with Crippen molar-refractivity contribution in [2.45, 2.75) is 17.8 Å². The molecule has 0 aliphatic heterocycles. The van der Waals surface area contributed by atoms with Crippen LogP contribution in [0.25, 0.3) is 5.69 Å². The molecule has 0 radical (unpaired) electrons. The second-order valence-electron chi connectivity index (χ2n) is 4.59. The molecule has 4 nitrogen and oxygen atoms in total. The average molecular weight is 361 g/mol. The first kappa shape index (κ1) is 14.3. The van der Waals surface area contributed by atoms with Crippen LogP contribution in [0.4, 0.5) is 0 Å². The zero-order valence-electron chi connectivity index (χ0n) is 11.4. The van der Waals surface area contributed by atoms with Gasteiger partial charge in [0, 0.05) is 10.2 Å². The highest BCUT2D eigenvalue weighted by Gasteiger charge is 2.10. The summed E-state index contributed by atoms with van der Waals surface area (Å²) in [6.07, 6.45) is 0. The number of rotatable bonds is 4. The fourth-order valence-corrected chi connectivity index (χ4v) is 3.45. The van der Waals surface area contributed by atoms with Gasteiger partial charge in [-0.3, -0.25) is 0 Å². The Morgan fingerprint density at radius 1 is 1.14 bits per heavy atom. The summed E-state index contributed by atoms with van der Waals surface area (Å²) in [5.41, 5.74) is 3.39. The van der Waals surface area contributed by atoms with Crippen molar-refractivity contribution in [1.29, 1.82) is 0 Å². The van der Waals surface area contributed by atoms with Crippen LogP contribution in [0.1, 0.15) is 11.1 Å². The lowest BCUT2D eigenvalue weighted by Crippen LogP contribution is -1.99. The largest absolute Gasteiger partial charge is 0.214 e. The summed E-state index contributed by atoms with van der Waals surface area (Å²) >= 11 is 5.18. The fourth-order valence-electron chi connectivity index (χ4n) is 1.95. The third kappa shape index (κ3) is 3.33. The number of benzene rings is 2. The van der Waals surface area contributed by atoms with Crippen LogP contribution in [-0.2, 0) is 5.75 Å². The van der Waals surface area contributed by atoms with Crippen LogP contribution in [0.3, 0.4) is 0 Å². The van der Waals surface area contributed by atoms with Crippen LogP contribution < -0.4 is 0 Å². The van der Waals surface area contributed by atoms with Gasteiger partial charge in [-0.1, -0.05) is 58.0 Å². The highest BCUT2D eigenvalue weighted by Crippen LogP contribution is 2.26. The highest BCUT2D eigenvalue weighted by molar-refractivity contribution is 9.10. The molecule has 1 heterocycles. The molecule has 106 valence electrons. The molecule has 0 aliphatic rings. The maximum atomic E-state index is 4.12. The minimum Gasteiger partial charge on any atom is -0.187 e. The van der Waals surface area contributed by atoms with Gasteiger partial charge in [0.15, 0.2) is 0 Å². The minimum atomic E-state index is 0.788. The predicted molar refractivity (Wildman–Crippen MR) is 87.6 cm³/mol. The van der Waals surface area contributed by atoms with Crippen LogP contribution in [0.5, 0.6) is 0 Å². The second kappa shape index (κ2) is 6.41. The molecule has 1 aromatic heterocycles. The lowest BCUT2D eigenvalue weighted by atomic mass is 10.2. The predicted octanol–water partition coefficient (Wildman–Crippen LogP) is 4.03. The quantitative estimate of drug-likeness (QED) is 0.659. The van der Waals surface area contributed by atoms with Gasteiger partial charge in [-0.05, 0) is 46.7 Å². The number of hydrogen-bond acceptors (Lipinski definition) is 4. The summed E-state index contributed by atoms with van der Waals surface area (Å²) in [7, 11) is 0. The van der Waals surface area contributed by atoms with Crippen molar-refractivity contribution in [3.05, 3.63) is 64.1 Å². The number of halogens is 1. The van der Waals surface area contributed by atoms with Crippen molar-refractivity contribution < 1.29 is 0 Å². The molecule has 0 N–H and O–H groups in total. The van der Waals surface area contributed by atoms with Crippen molar-refractivity contribution in [3.63, 3.8) is 0 Å². The molecule has 0 aliphatic carbocycles. The summed E-state index contributed by atoms with van der Waals surface area (Å²) in [6.45, 7) is 2.06. The number of tetrazole rings is 1. The van der Waals surface area contributed by atoms with Gasteiger partial charge in [-0.2, -0.15) is 4.68 Å². The Hall–Kier alpha value is -1.66. The van der Waals surface area contributed by atoms with Gasteiger partial charge in [0.25, 0.3) is 0 Å². The molecule has 0 saturated heterocycles. The van der Waals surface area contributed by atoms with Crippen LogP contribution >= 0.6 is 27.7 Å². The summed E-state index contributed by atoms with van der Waals surface area (Å²) < 4.78 is 2.88. The van der Waals surface area contributed by atoms with E-state index in [9.17, 15) is 0 Å². The van der Waals surface area contributed by atoms with Gasteiger partial charge in [0.2, 0.25) is 5.16 Å². The molecular formula is C15H13BrN4S. The number of aryl methyl sites for hydroxylation is 1. The Kier molecular flexibility index (Phi) is 4.36. The zero-order chi connectivity index (χ0) is 14.7. The van der Waals surface area contributed by atoms with Crippen molar-refractivity contribution in [1.82, 2.24) is 20.2 Å². The molecule has 0 bridgehead atoms. The van der Waals surface area contributed by atoms with Gasteiger partial charge in [-0.15, -0.1) is 5.10 Å². The summed E-state index contributed by atoms with van der Waals surface area (Å²) in [5.74, 6) is 0.813. The van der Waals surface area contributed by atoms with Gasteiger partial charge in [-0.25, -0.2) is 0 Å². The van der Waals surface area contributed by atoms with Crippen molar-refractivity contribution in [2.24, 2.45) is 0 Å². The maximum absolute atomic E-state index is 4.12. The molecule has 0 atom stereocenters. The normalized spacial score (nSPS) is 10.8. The van der Waals surface area contributed by atoms with E-state index in [2.05, 4.69) is 56.6 Å². The van der Waals surface area contributed by atoms with E-state index in [0.717, 1.165) is 21.1 Å². The number of hydrogen-bond donors (Lipinski definition) is 0. The smallest absolute Gasteiger partial charge is 0.187 e. The first-order valence-corrected chi connectivity index (χ1v) is 8.23. The van der Waals surface area contributed by atoms with Crippen molar-refractivity contribution in [3.8, 4) is 5.69 Å². The summed E-state index contributed by atoms with van der Waals surface area (Å²) in [5, 5.41) is 12.8. The first-order chi connectivity index (χ1) is 10.2. The Morgan fingerprint density at radius 2 is 2.00 bits per heavy atom. The Morgan fingerprint density at radius 3 is 2.81 bits per heavy atom. The standard InChI is InChI=1S/C15H13BrN4S/c1-11-5-4-7-13(9-11)20-15(17-18-19-20)21-10-12-6-2-3-8-14(12)16/h2-9H,10H2,1H3. The van der Waals surface area contributed by atoms with E-state index >= 15 is 0 Å². The third-order valence-corrected chi connectivity index (χ3v) is 4.74. The van der Waals surface area contributed by atoms with E-state index in [1.54, 1.807) is 16.4 Å². The zero-order valence-corrected chi connectivity index (χ0v) is 13.8. The molecule has 0 unspecified atom stereocenters. The molecule has 3 aromatic rings. The third-order valence-electron chi connectivity index (χ3n) is 3.00. The second-order valence-corrected chi connectivity index (χ2v) is 6.39. The molecule has 3 rings (SSSR count). The molecule has 21 heavy (non-hydrogen) atoms. The van der Waals surface area contributed by atoms with Crippen LogP contribution in [0.15, 0.2) is 58.2 Å². The number of aromatic nitrogens is 4. The van der Waals surface area contributed by atoms with Crippen LogP contribution in [-0.4, -0.2) is 20.2 Å². The SMILES string of the molecule is Cc1cccc(-n2nnnc2SCc2ccccc2Br)c1. The van der Waals surface area contributed by atoms with E-state index in [-0.39, 0.29) is 0 Å². The van der Waals surface area contributed by atoms with E-state index in [1.807, 2.05) is 30.3 Å². The number of thioether (sulfide) groups is 1. The lowest BCUT2D eigenvalue weighted by molar-refractivity contribution is 0.755. The Labute approximate surface area is 135 Å². The molecule has 0 fully saturated rings. The fraction of sp³-hybridized carbons (Fsp3) is 0.133. The average Bonchev–Trinajstić information content (AvgIpc) is 2.95. The van der Waals surface area contributed by atoms with Crippen molar-refractivity contribution in [2.75, 3.05) is 0 Å². The Bertz CT molecular complexity index is 757. The number of nitrogens with zero attached hydrogens (tertiary/aromatic N) is 4. The van der Waals surface area contributed by atoms with E-state index < -0.39 is 0 Å². The molecule has 0 saturated carbocycles. The van der Waals surface area contributed by atoms with Gasteiger partial charge in [0.05, 0.1) is 5.69 Å². The maximum Gasteiger partial charge on any atom is 0.214 e. The van der Waals surface area contributed by atoms with Gasteiger partial charge >= 0.3 is 0 Å². The van der Waals surface area contributed by atoms with E-state index in [4.69, 9.17) is 0 Å². The van der Waals surface area contributed by atoms with Crippen LogP contribution in [0.2, 0.25) is 0 Å². The van der Waals surface area contributed by atoms with Gasteiger partial charge < -0.3 is 0 Å². The summed E-state index contributed by atoms with van der Waals surface area (Å²) in [6, 6.07) is 16.3. The highest BCUT2D eigenvalue weighted by atomic mass is 79.9. The molecule has 0 spiro atoms. The monoisotopic (exact) mass is 360 g/mol. The van der Waals surface area contributed by atoms with Crippen LogP contribution in [0, 0.1) is 6.92 Å². The van der Waals surface area contributed by atoms with Gasteiger partial charge in [0.1, 0.15) is 0 Å². The Balaban J connectivity index is 1.82. The molecule has 2 aromatic carbocycles. The minimum absolute atomic E-state index is 0.788. The molecular weight excluding hydrogens is 348 g/mol. The lowest BCUT2D eigenvalue weighted by Gasteiger charge is -2.06. The summed E-state index contributed by atoms with van der Waals surface area (Å²) in [4.78, 5) is 0. The van der Waals surface area contributed by atoms with E-state index in [0.29, 0.717) is 0 Å². The molecule has 0 amide bonds.